The molecule has 0 aliphatic carbocycles. The van der Waals surface area contributed by atoms with Crippen molar-refractivity contribution >= 4 is 23.0 Å². The van der Waals surface area contributed by atoms with Crippen molar-refractivity contribution in [1.82, 2.24) is 9.97 Å². The van der Waals surface area contributed by atoms with Crippen LogP contribution in [0, 0.1) is 0 Å². The number of pyridine rings is 1. The number of nitrogens with zero attached hydrogens (tertiary/aromatic N) is 1. The minimum absolute atomic E-state index is 0.0328. The van der Waals surface area contributed by atoms with E-state index in [2.05, 4.69) is 9.97 Å². The van der Waals surface area contributed by atoms with Crippen molar-refractivity contribution in [2.24, 2.45) is 5.73 Å². The molecular weight excluding hydrogens is 310 g/mol. The first-order valence-corrected chi connectivity index (χ1v) is 8.02. The van der Waals surface area contributed by atoms with Gasteiger partial charge < -0.3 is 20.2 Å². The lowest BCUT2D eigenvalue weighted by atomic mass is 9.92. The van der Waals surface area contributed by atoms with E-state index in [0.29, 0.717) is 11.3 Å². The number of aromatic nitrogens is 2. The van der Waals surface area contributed by atoms with Gasteiger partial charge in [-0.25, -0.2) is 14.6 Å². The van der Waals surface area contributed by atoms with Crippen LogP contribution in [0.5, 0.6) is 0 Å². The number of carbonyl (C=O) groups is 2. The van der Waals surface area contributed by atoms with Crippen molar-refractivity contribution in [2.75, 3.05) is 13.2 Å². The zero-order valence-corrected chi connectivity index (χ0v) is 14.4. The van der Waals surface area contributed by atoms with E-state index < -0.39 is 11.9 Å². The maximum atomic E-state index is 12.1. The highest BCUT2D eigenvalue weighted by molar-refractivity contribution is 5.97. The fraction of sp³-hybridized carbons (Fsp3) is 0.471. The van der Waals surface area contributed by atoms with Crippen LogP contribution in [0.15, 0.2) is 12.1 Å². The Hall–Kier alpha value is -2.41. The van der Waals surface area contributed by atoms with Crippen molar-refractivity contribution < 1.29 is 19.1 Å². The molecule has 0 aromatic carbocycles. The van der Waals surface area contributed by atoms with Crippen LogP contribution < -0.4 is 5.73 Å². The smallest absolute Gasteiger partial charge is 0.357 e. The summed E-state index contributed by atoms with van der Waals surface area (Å²) in [5.41, 5.74) is 7.77. The molecule has 0 spiro atoms. The summed E-state index contributed by atoms with van der Waals surface area (Å²) in [5, 5.41) is 0.746. The van der Waals surface area contributed by atoms with Gasteiger partial charge in [-0.1, -0.05) is 6.92 Å². The van der Waals surface area contributed by atoms with Crippen molar-refractivity contribution in [2.45, 2.75) is 39.7 Å². The minimum atomic E-state index is -0.509. The van der Waals surface area contributed by atoms with Crippen molar-refractivity contribution in [1.29, 1.82) is 0 Å². The number of nitrogens with two attached hydrogens (primary N) is 1. The molecule has 0 aliphatic heterocycles. The molecule has 0 aliphatic rings. The van der Waals surface area contributed by atoms with E-state index in [4.69, 9.17) is 15.2 Å². The molecule has 0 bridgehead atoms. The number of hydrogen-bond donors (Lipinski definition) is 2. The first-order chi connectivity index (χ1) is 11.4. The lowest BCUT2D eigenvalue weighted by molar-refractivity contribution is 0.0512. The molecule has 2 unspecified atom stereocenters. The van der Waals surface area contributed by atoms with Crippen LogP contribution >= 0.6 is 0 Å². The van der Waals surface area contributed by atoms with Gasteiger partial charge in [-0.3, -0.25) is 0 Å². The van der Waals surface area contributed by atoms with Gasteiger partial charge in [0.2, 0.25) is 0 Å². The fourth-order valence-electron chi connectivity index (χ4n) is 2.42. The van der Waals surface area contributed by atoms with Crippen LogP contribution in [0.25, 0.3) is 11.0 Å². The number of carbonyl (C=O) groups excluding carboxylic acids is 2. The molecule has 0 fully saturated rings. The summed E-state index contributed by atoms with van der Waals surface area (Å²) < 4.78 is 10.0. The van der Waals surface area contributed by atoms with Gasteiger partial charge in [0.1, 0.15) is 11.3 Å². The number of aromatic amines is 1. The molecule has 0 saturated heterocycles. The Balaban J connectivity index is 2.60. The van der Waals surface area contributed by atoms with E-state index in [1.807, 2.05) is 13.8 Å². The summed E-state index contributed by atoms with van der Waals surface area (Å²) in [6, 6.07) is 3.23. The highest BCUT2D eigenvalue weighted by Gasteiger charge is 2.22. The molecule has 2 aromatic heterocycles. The van der Waals surface area contributed by atoms with E-state index in [1.165, 1.54) is 0 Å². The molecule has 130 valence electrons. The number of fused-ring (bicyclic) bond motifs is 1. The molecule has 7 nitrogen and oxygen atoms in total. The highest BCUT2D eigenvalue weighted by atomic mass is 16.5. The SMILES string of the molecule is CCOC(=O)c1cc(C(C)C(C)N)c2cc(C(=O)OCC)[nH]c2n1. The molecule has 0 radical (unpaired) electrons. The van der Waals surface area contributed by atoms with Gasteiger partial charge >= 0.3 is 11.9 Å². The van der Waals surface area contributed by atoms with Gasteiger partial charge in [-0.2, -0.15) is 0 Å². The molecule has 24 heavy (non-hydrogen) atoms. The van der Waals surface area contributed by atoms with E-state index in [1.54, 1.807) is 26.0 Å². The zero-order valence-electron chi connectivity index (χ0n) is 14.4. The maximum absolute atomic E-state index is 12.1. The van der Waals surface area contributed by atoms with Gasteiger partial charge in [0.25, 0.3) is 0 Å². The highest BCUT2D eigenvalue weighted by Crippen LogP contribution is 2.28. The average molecular weight is 333 g/mol. The first-order valence-electron chi connectivity index (χ1n) is 8.02. The van der Waals surface area contributed by atoms with E-state index in [-0.39, 0.29) is 30.9 Å². The monoisotopic (exact) mass is 333 g/mol. The second kappa shape index (κ2) is 7.44. The van der Waals surface area contributed by atoms with Gasteiger partial charge in [0, 0.05) is 11.4 Å². The largest absolute Gasteiger partial charge is 0.461 e. The predicted molar refractivity (Wildman–Crippen MR) is 90.1 cm³/mol. The van der Waals surface area contributed by atoms with Crippen LogP contribution in [-0.4, -0.2) is 41.2 Å². The van der Waals surface area contributed by atoms with Crippen LogP contribution in [0.1, 0.15) is 60.2 Å². The third-order valence-corrected chi connectivity index (χ3v) is 3.89. The van der Waals surface area contributed by atoms with E-state index >= 15 is 0 Å². The number of hydrogen-bond acceptors (Lipinski definition) is 6. The summed E-state index contributed by atoms with van der Waals surface area (Å²) in [6.45, 7) is 7.86. The summed E-state index contributed by atoms with van der Waals surface area (Å²) in [4.78, 5) is 31.2. The van der Waals surface area contributed by atoms with Crippen molar-refractivity contribution in [3.8, 4) is 0 Å². The Labute approximate surface area is 140 Å². The van der Waals surface area contributed by atoms with E-state index in [0.717, 1.165) is 10.9 Å². The Morgan fingerprint density at radius 2 is 1.79 bits per heavy atom. The summed E-state index contributed by atoms with van der Waals surface area (Å²) in [5.74, 6) is -1.01. The molecule has 2 atom stereocenters. The van der Waals surface area contributed by atoms with E-state index in [9.17, 15) is 9.59 Å². The number of ether oxygens (including phenoxy) is 2. The number of esters is 2. The minimum Gasteiger partial charge on any atom is -0.461 e. The lowest BCUT2D eigenvalue weighted by Gasteiger charge is -2.17. The van der Waals surface area contributed by atoms with Gasteiger partial charge in [-0.15, -0.1) is 0 Å². The molecule has 0 amide bonds. The average Bonchev–Trinajstić information content (AvgIpc) is 2.97. The first kappa shape index (κ1) is 17.9. The van der Waals surface area contributed by atoms with Gasteiger partial charge in [0.15, 0.2) is 5.69 Å². The predicted octanol–water partition coefficient (Wildman–Crippen LogP) is 2.37. The Morgan fingerprint density at radius 1 is 1.17 bits per heavy atom. The van der Waals surface area contributed by atoms with Crippen LogP contribution in [0.3, 0.4) is 0 Å². The normalized spacial score (nSPS) is 13.5. The molecule has 0 saturated carbocycles. The quantitative estimate of drug-likeness (QED) is 0.786. The molecule has 2 aromatic rings. The molecule has 7 heteroatoms. The van der Waals surface area contributed by atoms with Crippen LogP contribution in [-0.2, 0) is 9.47 Å². The summed E-state index contributed by atoms with van der Waals surface area (Å²) in [7, 11) is 0. The summed E-state index contributed by atoms with van der Waals surface area (Å²) >= 11 is 0. The van der Waals surface area contributed by atoms with Gasteiger partial charge in [0.05, 0.1) is 13.2 Å². The topological polar surface area (TPSA) is 107 Å². The van der Waals surface area contributed by atoms with Crippen molar-refractivity contribution in [3.63, 3.8) is 0 Å². The Kier molecular flexibility index (Phi) is 5.56. The maximum Gasteiger partial charge on any atom is 0.357 e. The number of nitrogens with one attached hydrogen (secondary N) is 1. The Bertz CT molecular complexity index is 752. The number of H-pyrrole nitrogens is 1. The van der Waals surface area contributed by atoms with Gasteiger partial charge in [-0.05, 0) is 44.4 Å². The van der Waals surface area contributed by atoms with Crippen LogP contribution in [0.2, 0.25) is 0 Å². The standard InChI is InChI=1S/C17H23N3O4/c1-5-23-16(21)13-7-11(9(3)10(4)18)12-8-14(17(22)24-6-2)20-15(12)19-13/h7-10H,5-6,18H2,1-4H3,(H,19,20). The Morgan fingerprint density at radius 3 is 2.38 bits per heavy atom. The molecule has 2 rings (SSSR count). The third kappa shape index (κ3) is 3.56. The molecule has 3 N–H and O–H groups in total. The number of rotatable bonds is 6. The second-order valence-electron chi connectivity index (χ2n) is 5.63. The molecular formula is C17H23N3O4. The molecule has 2 heterocycles. The third-order valence-electron chi connectivity index (χ3n) is 3.89. The zero-order chi connectivity index (χ0) is 17.9. The second-order valence-corrected chi connectivity index (χ2v) is 5.63. The lowest BCUT2D eigenvalue weighted by Crippen LogP contribution is -2.23. The fourth-order valence-corrected chi connectivity index (χ4v) is 2.42. The van der Waals surface area contributed by atoms with Crippen molar-refractivity contribution in [3.05, 3.63) is 29.1 Å². The van der Waals surface area contributed by atoms with Crippen LogP contribution in [0.4, 0.5) is 0 Å². The summed E-state index contributed by atoms with van der Waals surface area (Å²) in [6.07, 6.45) is 0.